The maximum atomic E-state index is 11.5. The average molecular weight is 419 g/mol. The Bertz CT molecular complexity index is 580. The molecular weight excluding hydrogens is 376 g/mol. The standard InChI is InChI=1S/C26H42O4/c1-2-3-4-5-6-7-8-9-10-11-12-13-24-20-23(28)21-26(29-24)19-18-25(30-26)16-14-22(27)15-17-25/h14-17,23-24,28H,2-13,18-21H2,1H3/t23-,24-,26-/m1/s1. The van der Waals surface area contributed by atoms with E-state index in [1.807, 2.05) is 12.2 Å². The van der Waals surface area contributed by atoms with Crippen LogP contribution in [0.1, 0.15) is 110 Å². The van der Waals surface area contributed by atoms with Gasteiger partial charge in [-0.25, -0.2) is 0 Å². The topological polar surface area (TPSA) is 55.8 Å². The number of rotatable bonds is 12. The maximum absolute atomic E-state index is 11.5. The Balaban J connectivity index is 1.31. The SMILES string of the molecule is CCCCCCCCCCCCC[C@@H]1C[C@@H](O)C[C@]2(CCC3(C=CC(=O)C=C3)O2)O1. The van der Waals surface area contributed by atoms with Crippen molar-refractivity contribution in [3.8, 4) is 0 Å². The zero-order chi connectivity index (χ0) is 21.3. The van der Waals surface area contributed by atoms with Gasteiger partial charge in [-0.3, -0.25) is 4.79 Å². The number of ketones is 1. The first kappa shape index (κ1) is 23.7. The number of unbranched alkanes of at least 4 members (excludes halogenated alkanes) is 10. The highest BCUT2D eigenvalue weighted by Crippen LogP contribution is 2.47. The fraction of sp³-hybridized carbons (Fsp3) is 0.808. The van der Waals surface area contributed by atoms with Gasteiger partial charge in [0.2, 0.25) is 0 Å². The molecule has 0 amide bonds. The number of carbonyl (C=O) groups is 1. The molecule has 170 valence electrons. The summed E-state index contributed by atoms with van der Waals surface area (Å²) in [5.74, 6) is -0.695. The van der Waals surface area contributed by atoms with Crippen molar-refractivity contribution >= 4 is 5.78 Å². The van der Waals surface area contributed by atoms with Crippen molar-refractivity contribution in [1.29, 1.82) is 0 Å². The van der Waals surface area contributed by atoms with Crippen LogP contribution in [-0.4, -0.2) is 34.5 Å². The number of allylic oxidation sites excluding steroid dienone is 2. The highest BCUT2D eigenvalue weighted by Gasteiger charge is 2.52. The summed E-state index contributed by atoms with van der Waals surface area (Å²) in [5.41, 5.74) is -0.536. The van der Waals surface area contributed by atoms with Gasteiger partial charge in [-0.2, -0.15) is 0 Å². The maximum Gasteiger partial charge on any atom is 0.178 e. The Morgan fingerprint density at radius 1 is 0.933 bits per heavy atom. The molecule has 0 bridgehead atoms. The normalized spacial score (nSPS) is 30.0. The molecule has 0 aromatic rings. The van der Waals surface area contributed by atoms with Gasteiger partial charge in [0.25, 0.3) is 0 Å². The van der Waals surface area contributed by atoms with Gasteiger partial charge >= 0.3 is 0 Å². The summed E-state index contributed by atoms with van der Waals surface area (Å²) in [4.78, 5) is 11.5. The van der Waals surface area contributed by atoms with Crippen LogP contribution in [0.3, 0.4) is 0 Å². The number of aliphatic hydroxyl groups is 1. The van der Waals surface area contributed by atoms with Crippen LogP contribution in [0.2, 0.25) is 0 Å². The predicted molar refractivity (Wildman–Crippen MR) is 120 cm³/mol. The van der Waals surface area contributed by atoms with Crippen LogP contribution < -0.4 is 0 Å². The van der Waals surface area contributed by atoms with E-state index < -0.39 is 11.4 Å². The lowest BCUT2D eigenvalue weighted by atomic mass is 9.91. The molecule has 30 heavy (non-hydrogen) atoms. The van der Waals surface area contributed by atoms with E-state index in [0.717, 1.165) is 25.7 Å². The fourth-order valence-electron chi connectivity index (χ4n) is 5.21. The minimum absolute atomic E-state index is 0.00384. The Kier molecular flexibility index (Phi) is 9.15. The quantitative estimate of drug-likeness (QED) is 0.385. The second-order valence-electron chi connectivity index (χ2n) is 9.69. The van der Waals surface area contributed by atoms with E-state index in [1.54, 1.807) is 12.2 Å². The molecule has 0 saturated carbocycles. The molecule has 4 heteroatoms. The molecule has 2 aliphatic heterocycles. The predicted octanol–water partition coefficient (Wildman–Crippen LogP) is 6.17. The summed E-state index contributed by atoms with van der Waals surface area (Å²) in [5, 5.41) is 10.5. The number of hydrogen-bond acceptors (Lipinski definition) is 4. The van der Waals surface area contributed by atoms with Gasteiger partial charge in [0.1, 0.15) is 5.60 Å². The highest BCUT2D eigenvalue weighted by molar-refractivity contribution is 6.00. The second kappa shape index (κ2) is 11.6. The second-order valence-corrected chi connectivity index (χ2v) is 9.69. The molecular formula is C26H42O4. The molecule has 2 heterocycles. The van der Waals surface area contributed by atoms with Crippen molar-refractivity contribution in [2.24, 2.45) is 0 Å². The summed E-state index contributed by atoms with van der Waals surface area (Å²) in [6.45, 7) is 2.27. The number of carbonyl (C=O) groups excluding carboxylic acids is 1. The van der Waals surface area contributed by atoms with Crippen molar-refractivity contribution < 1.29 is 19.4 Å². The Hall–Kier alpha value is -0.970. The summed E-state index contributed by atoms with van der Waals surface area (Å²) in [6, 6.07) is 0. The van der Waals surface area contributed by atoms with Gasteiger partial charge in [-0.05, 0) is 43.6 Å². The summed E-state index contributed by atoms with van der Waals surface area (Å²) < 4.78 is 12.8. The lowest BCUT2D eigenvalue weighted by Crippen LogP contribution is -2.47. The Morgan fingerprint density at radius 2 is 1.53 bits per heavy atom. The van der Waals surface area contributed by atoms with Gasteiger partial charge in [0.15, 0.2) is 11.6 Å². The number of hydrogen-bond donors (Lipinski definition) is 1. The summed E-state index contributed by atoms with van der Waals surface area (Å²) >= 11 is 0. The lowest BCUT2D eigenvalue weighted by Gasteiger charge is -2.42. The van der Waals surface area contributed by atoms with Crippen LogP contribution in [-0.2, 0) is 14.3 Å². The summed E-state index contributed by atoms with van der Waals surface area (Å²) in [7, 11) is 0. The third kappa shape index (κ3) is 7.03. The Labute approximate surface area is 183 Å². The zero-order valence-corrected chi connectivity index (χ0v) is 18.9. The summed E-state index contributed by atoms with van der Waals surface area (Å²) in [6.07, 6.45) is 25.1. The van der Waals surface area contributed by atoms with E-state index in [4.69, 9.17) is 9.47 Å². The van der Waals surface area contributed by atoms with Crippen LogP contribution in [0.4, 0.5) is 0 Å². The molecule has 1 N–H and O–H groups in total. The first-order valence-electron chi connectivity index (χ1n) is 12.5. The van der Waals surface area contributed by atoms with Crippen molar-refractivity contribution in [3.63, 3.8) is 0 Å². The molecule has 3 aliphatic rings. The molecule has 1 aliphatic carbocycles. The molecule has 3 atom stereocenters. The Morgan fingerprint density at radius 3 is 2.17 bits per heavy atom. The van der Waals surface area contributed by atoms with Gasteiger partial charge in [0, 0.05) is 12.8 Å². The minimum atomic E-state index is -0.699. The van der Waals surface area contributed by atoms with Crippen molar-refractivity contribution in [2.75, 3.05) is 0 Å². The van der Waals surface area contributed by atoms with E-state index in [1.165, 1.54) is 64.2 Å². The monoisotopic (exact) mass is 418 g/mol. The molecule has 4 nitrogen and oxygen atoms in total. The van der Waals surface area contributed by atoms with Crippen molar-refractivity contribution in [1.82, 2.24) is 0 Å². The van der Waals surface area contributed by atoms with E-state index in [-0.39, 0.29) is 18.0 Å². The molecule has 2 spiro atoms. The lowest BCUT2D eigenvalue weighted by molar-refractivity contribution is -0.292. The average Bonchev–Trinajstić information content (AvgIpc) is 3.05. The zero-order valence-electron chi connectivity index (χ0n) is 18.9. The van der Waals surface area contributed by atoms with Crippen LogP contribution in [0.15, 0.2) is 24.3 Å². The molecule has 2 saturated heterocycles. The van der Waals surface area contributed by atoms with E-state index in [2.05, 4.69) is 6.92 Å². The number of ether oxygens (including phenoxy) is 2. The highest BCUT2D eigenvalue weighted by atomic mass is 16.7. The largest absolute Gasteiger partial charge is 0.393 e. The number of aliphatic hydroxyl groups excluding tert-OH is 1. The van der Waals surface area contributed by atoms with Crippen LogP contribution in [0.5, 0.6) is 0 Å². The first-order valence-corrected chi connectivity index (χ1v) is 12.5. The molecule has 0 unspecified atom stereocenters. The third-order valence-corrected chi connectivity index (χ3v) is 6.92. The first-order chi connectivity index (χ1) is 14.5. The van der Waals surface area contributed by atoms with Crippen molar-refractivity contribution in [3.05, 3.63) is 24.3 Å². The molecule has 0 radical (unpaired) electrons. The van der Waals surface area contributed by atoms with E-state index in [0.29, 0.717) is 12.8 Å². The van der Waals surface area contributed by atoms with E-state index >= 15 is 0 Å². The van der Waals surface area contributed by atoms with E-state index in [9.17, 15) is 9.90 Å². The smallest absolute Gasteiger partial charge is 0.178 e. The van der Waals surface area contributed by atoms with Crippen LogP contribution in [0, 0.1) is 0 Å². The minimum Gasteiger partial charge on any atom is -0.393 e. The van der Waals surface area contributed by atoms with Gasteiger partial charge in [-0.1, -0.05) is 77.6 Å². The van der Waals surface area contributed by atoms with Gasteiger partial charge in [-0.15, -0.1) is 0 Å². The molecule has 2 fully saturated rings. The van der Waals surface area contributed by atoms with Crippen molar-refractivity contribution in [2.45, 2.75) is 133 Å². The van der Waals surface area contributed by atoms with Gasteiger partial charge in [0.05, 0.1) is 12.2 Å². The fourth-order valence-corrected chi connectivity index (χ4v) is 5.21. The van der Waals surface area contributed by atoms with Crippen LogP contribution in [0.25, 0.3) is 0 Å². The van der Waals surface area contributed by atoms with Gasteiger partial charge < -0.3 is 14.6 Å². The molecule has 3 rings (SSSR count). The molecule has 0 aromatic heterocycles. The molecule has 0 aromatic carbocycles. The van der Waals surface area contributed by atoms with Crippen LogP contribution >= 0.6 is 0 Å². The third-order valence-electron chi connectivity index (χ3n) is 6.92.